The molecule has 0 aromatic rings. The molecular weight excluding hydrogens is 1170 g/mol. The van der Waals surface area contributed by atoms with Gasteiger partial charge in [-0.3, -0.25) is 18.6 Å². The van der Waals surface area contributed by atoms with Gasteiger partial charge in [0.25, 0.3) is 0 Å². The van der Waals surface area contributed by atoms with Crippen molar-refractivity contribution in [3.05, 3.63) is 85.1 Å². The van der Waals surface area contributed by atoms with E-state index in [1.807, 2.05) is 21.1 Å². The maximum Gasteiger partial charge on any atom is 0.472 e. The fourth-order valence-electron chi connectivity index (χ4n) is 11.6. The molecule has 0 saturated carbocycles. The van der Waals surface area contributed by atoms with Crippen molar-refractivity contribution in [2.45, 2.75) is 386 Å². The van der Waals surface area contributed by atoms with Crippen molar-refractivity contribution in [2.75, 3.05) is 47.5 Å². The number of esters is 2. The topological polar surface area (TPSA) is 108 Å². The zero-order valence-corrected chi connectivity index (χ0v) is 62.9. The molecule has 0 aliphatic carbocycles. The van der Waals surface area contributed by atoms with Gasteiger partial charge in [0.15, 0.2) is 6.10 Å². The number of unbranched alkanes of at least 4 members (excludes halogenated alkanes) is 46. The predicted molar refractivity (Wildman–Crippen MR) is 404 cm³/mol. The fourth-order valence-corrected chi connectivity index (χ4v) is 12.4. The highest BCUT2D eigenvalue weighted by atomic mass is 31.2. The molecule has 0 amide bonds. The number of phosphoric acid groups is 1. The second kappa shape index (κ2) is 73.4. The summed E-state index contributed by atoms with van der Waals surface area (Å²) in [4.78, 5) is 36.0. The van der Waals surface area contributed by atoms with Crippen molar-refractivity contribution in [2.24, 2.45) is 0 Å². The summed E-state index contributed by atoms with van der Waals surface area (Å²) in [6.45, 7) is 4.37. The smallest absolute Gasteiger partial charge is 0.462 e. The molecule has 0 radical (unpaired) electrons. The third-order valence-corrected chi connectivity index (χ3v) is 18.7. The van der Waals surface area contributed by atoms with Gasteiger partial charge in [0.05, 0.1) is 27.7 Å². The van der Waals surface area contributed by atoms with Crippen molar-refractivity contribution in [1.29, 1.82) is 0 Å². The number of carbonyl (C=O) groups is 2. The average Bonchev–Trinajstić information content (AvgIpc) is 2.30. The maximum absolute atomic E-state index is 12.9. The van der Waals surface area contributed by atoms with Crippen LogP contribution < -0.4 is 0 Å². The van der Waals surface area contributed by atoms with E-state index in [9.17, 15) is 19.0 Å². The van der Waals surface area contributed by atoms with Crippen molar-refractivity contribution < 1.29 is 42.1 Å². The molecule has 0 aromatic carbocycles. The first kappa shape index (κ1) is 90.2. The summed E-state index contributed by atoms with van der Waals surface area (Å²) in [5.74, 6) is -0.786. The second-order valence-electron chi connectivity index (χ2n) is 28.1. The predicted octanol–water partition coefficient (Wildman–Crippen LogP) is 26.5. The highest BCUT2D eigenvalue weighted by molar-refractivity contribution is 7.47. The van der Waals surface area contributed by atoms with Gasteiger partial charge in [-0.2, -0.15) is 0 Å². The van der Waals surface area contributed by atoms with Crippen LogP contribution in [0.2, 0.25) is 0 Å². The first-order valence-electron chi connectivity index (χ1n) is 39.8. The molecule has 0 fully saturated rings. The van der Waals surface area contributed by atoms with Gasteiger partial charge in [-0.25, -0.2) is 4.57 Å². The molecule has 0 bridgehead atoms. The molecule has 542 valence electrons. The van der Waals surface area contributed by atoms with E-state index in [-0.39, 0.29) is 25.6 Å². The summed E-state index contributed by atoms with van der Waals surface area (Å²) in [6.07, 6.45) is 102. The summed E-state index contributed by atoms with van der Waals surface area (Å²) in [6, 6.07) is 0. The number of ether oxygens (including phenoxy) is 2. The van der Waals surface area contributed by atoms with E-state index in [0.29, 0.717) is 23.9 Å². The second-order valence-corrected chi connectivity index (χ2v) is 29.5. The minimum Gasteiger partial charge on any atom is -0.462 e. The number of quaternary nitrogens is 1. The largest absolute Gasteiger partial charge is 0.472 e. The Morgan fingerprint density at radius 3 is 0.914 bits per heavy atom. The molecule has 0 aliphatic rings. The highest BCUT2D eigenvalue weighted by Gasteiger charge is 2.27. The molecule has 93 heavy (non-hydrogen) atoms. The van der Waals surface area contributed by atoms with Crippen LogP contribution in [0.5, 0.6) is 0 Å². The molecule has 0 heterocycles. The minimum absolute atomic E-state index is 0.0300. The van der Waals surface area contributed by atoms with Gasteiger partial charge in [-0.05, 0) is 70.6 Å². The number of nitrogens with zero attached hydrogens (tertiary/aromatic N) is 1. The minimum atomic E-state index is -4.40. The Labute approximate surface area is 577 Å². The summed E-state index contributed by atoms with van der Waals surface area (Å²) >= 11 is 0. The van der Waals surface area contributed by atoms with Gasteiger partial charge in [0, 0.05) is 12.8 Å². The third kappa shape index (κ3) is 78.1. The number of hydrogen-bond donors (Lipinski definition) is 1. The fraction of sp³-hybridized carbons (Fsp3) is 0.807. The first-order chi connectivity index (χ1) is 45.5. The Morgan fingerprint density at radius 1 is 0.344 bits per heavy atom. The maximum atomic E-state index is 12.9. The van der Waals surface area contributed by atoms with E-state index < -0.39 is 26.5 Å². The number of rotatable bonds is 74. The van der Waals surface area contributed by atoms with Crippen LogP contribution in [0.1, 0.15) is 380 Å². The third-order valence-electron chi connectivity index (χ3n) is 17.7. The van der Waals surface area contributed by atoms with Crippen LogP contribution in [0.3, 0.4) is 0 Å². The average molecular weight is 1320 g/mol. The van der Waals surface area contributed by atoms with Crippen LogP contribution in [0.25, 0.3) is 0 Å². The van der Waals surface area contributed by atoms with Crippen LogP contribution in [0.15, 0.2) is 85.1 Å². The molecule has 0 aromatic heterocycles. The summed E-state index contributed by atoms with van der Waals surface area (Å²) in [5.41, 5.74) is 0. The Kier molecular flexibility index (Phi) is 71.2. The van der Waals surface area contributed by atoms with Crippen LogP contribution in [0.4, 0.5) is 0 Å². The summed E-state index contributed by atoms with van der Waals surface area (Å²) in [7, 11) is 1.48. The van der Waals surface area contributed by atoms with Crippen molar-refractivity contribution in [3.63, 3.8) is 0 Å². The van der Waals surface area contributed by atoms with Crippen LogP contribution >= 0.6 is 7.82 Å². The zero-order chi connectivity index (χ0) is 67.6. The SMILES string of the molecule is CC/C=C\C/C=C\C/C=C\C/C=C\C/C=C\C/C=C\C/C=C\CCCCCCCCCCCCCC(=O)OC(COC(=O)CCCCCCCCCCCCCCCCCCCCCCCCCCCCCCCCCCCCCC)COP(=O)(O)OCC[N+](C)(C)C. The molecule has 0 spiro atoms. The Hall–Kier alpha value is -2.81. The number of hydrogen-bond acceptors (Lipinski definition) is 7. The van der Waals surface area contributed by atoms with Crippen LogP contribution in [0, 0.1) is 0 Å². The van der Waals surface area contributed by atoms with Crippen molar-refractivity contribution in [3.8, 4) is 0 Å². The quantitative estimate of drug-likeness (QED) is 0.0211. The molecule has 2 atom stereocenters. The summed E-state index contributed by atoms with van der Waals surface area (Å²) < 4.78 is 34.8. The van der Waals surface area contributed by atoms with Crippen LogP contribution in [-0.2, 0) is 32.7 Å². The number of phosphoric ester groups is 1. The van der Waals surface area contributed by atoms with E-state index in [2.05, 4.69) is 98.9 Å². The number of allylic oxidation sites excluding steroid dienone is 14. The molecule has 10 heteroatoms. The van der Waals surface area contributed by atoms with Gasteiger partial charge in [-0.15, -0.1) is 0 Å². The standard InChI is InChI=1S/C83H152NO8P/c1-6-8-10-12-14-16-18-20-22-24-26-28-30-32-34-36-38-40-41-42-44-45-47-49-51-53-55-57-59-61-63-65-67-69-71-73-75-82(85)89-79-81(80-91-93(87,88)90-78-77-84(3,4)5)92-83(86)76-74-72-70-68-66-64-62-60-58-56-54-52-50-48-46-43-39-37-35-33-31-29-27-25-23-21-19-17-15-13-11-9-7-2/h9,11,15,17,21,23,27,29,33,35,39,43,48,50,81H,6-8,10,12-14,16,18-20,22,24-26,28,30-32,34,36-38,40-42,44-47,49,51-80H2,1-5H3/p+1/b11-9-,17-15-,23-21-,29-27-,35-33-,43-39-,50-48-. The molecule has 1 N–H and O–H groups in total. The van der Waals surface area contributed by atoms with Crippen LogP contribution in [-0.4, -0.2) is 74.9 Å². The monoisotopic (exact) mass is 1320 g/mol. The molecular formula is C83H153NO8P+. The Bertz CT molecular complexity index is 1850. The van der Waals surface area contributed by atoms with Gasteiger partial charge in [0.1, 0.15) is 19.8 Å². The molecule has 0 rings (SSSR count). The molecule has 0 saturated heterocycles. The Morgan fingerprint density at radius 2 is 0.613 bits per heavy atom. The summed E-state index contributed by atoms with van der Waals surface area (Å²) in [5, 5.41) is 0. The van der Waals surface area contributed by atoms with E-state index in [1.54, 1.807) is 0 Å². The van der Waals surface area contributed by atoms with Crippen molar-refractivity contribution >= 4 is 19.8 Å². The molecule has 2 unspecified atom stereocenters. The lowest BCUT2D eigenvalue weighted by Crippen LogP contribution is -2.37. The first-order valence-corrected chi connectivity index (χ1v) is 41.3. The van der Waals surface area contributed by atoms with E-state index in [1.165, 1.54) is 257 Å². The van der Waals surface area contributed by atoms with Gasteiger partial charge in [-0.1, -0.05) is 381 Å². The van der Waals surface area contributed by atoms with Gasteiger partial charge >= 0.3 is 19.8 Å². The lowest BCUT2D eigenvalue weighted by Gasteiger charge is -2.24. The Balaban J connectivity index is 3.96. The zero-order valence-electron chi connectivity index (χ0n) is 62.0. The van der Waals surface area contributed by atoms with Crippen molar-refractivity contribution in [1.82, 2.24) is 0 Å². The van der Waals surface area contributed by atoms with E-state index >= 15 is 0 Å². The number of likely N-dealkylation sites (N-methyl/N-ethyl adjacent to an activating group) is 1. The lowest BCUT2D eigenvalue weighted by atomic mass is 10.0. The molecule has 9 nitrogen and oxygen atoms in total. The lowest BCUT2D eigenvalue weighted by molar-refractivity contribution is -0.870. The van der Waals surface area contributed by atoms with Gasteiger partial charge < -0.3 is 18.9 Å². The van der Waals surface area contributed by atoms with E-state index in [0.717, 1.165) is 89.9 Å². The van der Waals surface area contributed by atoms with Gasteiger partial charge in [0.2, 0.25) is 0 Å². The molecule has 0 aliphatic heterocycles. The van der Waals surface area contributed by atoms with E-state index in [4.69, 9.17) is 18.5 Å². The highest BCUT2D eigenvalue weighted by Crippen LogP contribution is 2.43. The number of carbonyl (C=O) groups excluding carboxylic acids is 2. The normalized spacial score (nSPS) is 13.5.